The van der Waals surface area contributed by atoms with E-state index in [1.807, 2.05) is 44.0 Å². The van der Waals surface area contributed by atoms with E-state index in [1.165, 1.54) is 21.3 Å². The molecule has 0 spiro atoms. The third kappa shape index (κ3) is 9.17. The number of hydrogen-bond donors (Lipinski definition) is 4. The highest BCUT2D eigenvalue weighted by Crippen LogP contribution is 2.43. The number of hydrogen-bond acceptors (Lipinski definition) is 10. The summed E-state index contributed by atoms with van der Waals surface area (Å²) in [6, 6.07) is 12.6. The summed E-state index contributed by atoms with van der Waals surface area (Å²) in [6.07, 6.45) is 3.21. The van der Waals surface area contributed by atoms with Gasteiger partial charge in [0.1, 0.15) is 36.1 Å². The summed E-state index contributed by atoms with van der Waals surface area (Å²) < 4.78 is 21.6. The van der Waals surface area contributed by atoms with Crippen LogP contribution in [0.1, 0.15) is 90.5 Å². The number of carbonyl (C=O) groups is 4. The molecule has 5 aromatic rings. The zero-order valence-corrected chi connectivity index (χ0v) is 37.7. The molecule has 3 aromatic carbocycles. The normalized spacial score (nSPS) is 17.2. The third-order valence-electron chi connectivity index (χ3n) is 12.8. The minimum Gasteiger partial charge on any atom is -0.488 e. The van der Waals surface area contributed by atoms with Crippen LogP contribution in [-0.2, 0) is 37.0 Å². The Hall–Kier alpha value is -6.16. The number of imidazole rings is 2. The number of methoxy groups -OCH3 is 3. The smallest absolute Gasteiger partial charge is 0.407 e. The van der Waals surface area contributed by atoms with Crippen molar-refractivity contribution in [3.8, 4) is 28.1 Å². The Kier molecular flexibility index (Phi) is 13.6. The van der Waals surface area contributed by atoms with E-state index in [4.69, 9.17) is 28.9 Å². The molecule has 0 saturated carbocycles. The number of alkyl carbamates (subject to hydrolysis) is 2. The minimum absolute atomic E-state index is 0.0215. The van der Waals surface area contributed by atoms with Crippen LogP contribution in [0.5, 0.6) is 5.75 Å². The lowest BCUT2D eigenvalue weighted by Crippen LogP contribution is -2.54. The fourth-order valence-corrected chi connectivity index (χ4v) is 8.89. The summed E-state index contributed by atoms with van der Waals surface area (Å²) in [5.74, 6) is 1.75. The van der Waals surface area contributed by atoms with Crippen LogP contribution in [0.15, 0.2) is 48.7 Å². The van der Waals surface area contributed by atoms with Crippen molar-refractivity contribution in [1.82, 2.24) is 40.4 Å². The van der Waals surface area contributed by atoms with Crippen molar-refractivity contribution in [2.45, 2.75) is 111 Å². The molecule has 0 aliphatic carbocycles. The summed E-state index contributed by atoms with van der Waals surface area (Å²) in [5, 5.41) is 7.31. The minimum atomic E-state index is -0.951. The van der Waals surface area contributed by atoms with E-state index in [-0.39, 0.29) is 42.3 Å². The molecule has 63 heavy (non-hydrogen) atoms. The van der Waals surface area contributed by atoms with Crippen LogP contribution in [0.2, 0.25) is 0 Å². The molecule has 1 fully saturated rings. The maximum atomic E-state index is 14.1. The second-order valence-corrected chi connectivity index (χ2v) is 17.1. The van der Waals surface area contributed by atoms with E-state index < -0.39 is 30.4 Å². The zero-order chi connectivity index (χ0) is 45.1. The van der Waals surface area contributed by atoms with Gasteiger partial charge >= 0.3 is 12.2 Å². The SMILES string of the molecule is CCC(CC)CN(Cc1nc2c(ccc3cc4c(cc32)OCc2cc(-c3cnc([C@@H]5CC[C@H](C)N5C(=O)[C@@H](NC(=O)OC)C(C)C)[nH]3)ccc2-4)[nH]1)C(=O)[C@@H](NC(=O)OC)[C@@H](C)OC. The Morgan fingerprint density at radius 2 is 1.65 bits per heavy atom. The molecule has 0 radical (unpaired) electrons. The van der Waals surface area contributed by atoms with Gasteiger partial charge in [0.05, 0.1) is 55.8 Å². The van der Waals surface area contributed by atoms with E-state index in [2.05, 4.69) is 64.8 Å². The van der Waals surface area contributed by atoms with E-state index >= 15 is 0 Å². The Balaban J connectivity index is 1.14. The number of ether oxygens (including phenoxy) is 4. The maximum absolute atomic E-state index is 14.1. The summed E-state index contributed by atoms with van der Waals surface area (Å²) in [6.45, 7) is 12.8. The number of benzene rings is 3. The van der Waals surface area contributed by atoms with E-state index in [9.17, 15) is 19.2 Å². The average Bonchev–Trinajstić information content (AvgIpc) is 4.05. The first kappa shape index (κ1) is 44.9. The number of carbonyl (C=O) groups excluding carboxylic acids is 4. The molecule has 5 atom stereocenters. The quantitative estimate of drug-likeness (QED) is 0.0814. The number of aromatic nitrogens is 4. The van der Waals surface area contributed by atoms with Crippen LogP contribution >= 0.6 is 0 Å². The first-order valence-electron chi connectivity index (χ1n) is 21.9. The van der Waals surface area contributed by atoms with Crippen molar-refractivity contribution in [2.75, 3.05) is 27.9 Å². The summed E-state index contributed by atoms with van der Waals surface area (Å²) in [4.78, 5) is 72.7. The summed E-state index contributed by atoms with van der Waals surface area (Å²) in [7, 11) is 4.06. The van der Waals surface area contributed by atoms with Crippen LogP contribution in [0.25, 0.3) is 44.2 Å². The fourth-order valence-electron chi connectivity index (χ4n) is 8.89. The molecule has 0 unspecified atom stereocenters. The molecular formula is C47H60N8O8. The predicted molar refractivity (Wildman–Crippen MR) is 239 cm³/mol. The first-order valence-corrected chi connectivity index (χ1v) is 21.9. The van der Waals surface area contributed by atoms with Crippen LogP contribution < -0.4 is 15.4 Å². The van der Waals surface area contributed by atoms with Crippen molar-refractivity contribution < 1.29 is 38.1 Å². The molecular weight excluding hydrogens is 805 g/mol. The standard InChI is InChI=1S/C47H60N8O8/c1-10-28(11-2)22-54(44(56)41(27(6)60-7)53-47(59)62-9)23-39-49-35-16-14-29-19-34-32-15-13-30(18-31(32)24-63-38(34)20-33(29)42(35)51-39)36-21-48-43(50-36)37-17-12-26(5)55(37)45(57)40(25(3)4)52-46(58)61-8/h13-16,18-21,25-28,37,40-41H,10-12,17,22-24H2,1-9H3,(H,48,50)(H,49,51)(H,52,58)(H,53,59)/t26-,27+,37-,40-,41-/m0/s1. The van der Waals surface area contributed by atoms with Crippen LogP contribution in [-0.4, -0.2) is 106 Å². The lowest BCUT2D eigenvalue weighted by Gasteiger charge is -2.32. The zero-order valence-electron chi connectivity index (χ0n) is 37.7. The Morgan fingerprint density at radius 1 is 0.921 bits per heavy atom. The molecule has 2 aliphatic heterocycles. The molecule has 336 valence electrons. The molecule has 4 amide bonds. The van der Waals surface area contributed by atoms with Gasteiger partial charge < -0.3 is 49.3 Å². The number of amides is 4. The molecule has 1 saturated heterocycles. The van der Waals surface area contributed by atoms with Crippen molar-refractivity contribution in [2.24, 2.45) is 11.8 Å². The monoisotopic (exact) mass is 864 g/mol. The number of nitrogens with one attached hydrogen (secondary N) is 4. The number of rotatable bonds is 15. The molecule has 7 rings (SSSR count). The van der Waals surface area contributed by atoms with Crippen LogP contribution in [0.3, 0.4) is 0 Å². The highest BCUT2D eigenvalue weighted by molar-refractivity contribution is 6.07. The van der Waals surface area contributed by atoms with E-state index in [1.54, 1.807) is 11.8 Å². The first-order chi connectivity index (χ1) is 30.3. The molecule has 2 aromatic heterocycles. The second kappa shape index (κ2) is 19.1. The van der Waals surface area contributed by atoms with Gasteiger partial charge in [-0.25, -0.2) is 19.6 Å². The van der Waals surface area contributed by atoms with Gasteiger partial charge in [0.2, 0.25) is 11.8 Å². The molecule has 0 bridgehead atoms. The Morgan fingerprint density at radius 3 is 2.33 bits per heavy atom. The van der Waals surface area contributed by atoms with Crippen LogP contribution in [0.4, 0.5) is 9.59 Å². The van der Waals surface area contributed by atoms with Gasteiger partial charge in [-0.1, -0.05) is 58.7 Å². The van der Waals surface area contributed by atoms with E-state index in [0.717, 1.165) is 81.2 Å². The maximum Gasteiger partial charge on any atom is 0.407 e. The number of aromatic amines is 2. The fraction of sp³-hybridized carbons (Fsp3) is 0.489. The summed E-state index contributed by atoms with van der Waals surface area (Å²) >= 11 is 0. The van der Waals surface area contributed by atoms with Crippen molar-refractivity contribution in [1.29, 1.82) is 0 Å². The van der Waals surface area contributed by atoms with Gasteiger partial charge in [-0.05, 0) is 84.9 Å². The Labute approximate surface area is 367 Å². The van der Waals surface area contributed by atoms with Crippen molar-refractivity contribution in [3.05, 3.63) is 65.9 Å². The molecule has 4 N–H and O–H groups in total. The largest absolute Gasteiger partial charge is 0.488 e. The summed E-state index contributed by atoms with van der Waals surface area (Å²) in [5.41, 5.74) is 6.46. The Bertz CT molecular complexity index is 2480. The highest BCUT2D eigenvalue weighted by atomic mass is 16.5. The lowest BCUT2D eigenvalue weighted by atomic mass is 9.92. The van der Waals surface area contributed by atoms with Gasteiger partial charge in [0.25, 0.3) is 0 Å². The third-order valence-corrected chi connectivity index (χ3v) is 12.8. The van der Waals surface area contributed by atoms with Gasteiger partial charge in [-0.3, -0.25) is 9.59 Å². The highest BCUT2D eigenvalue weighted by Gasteiger charge is 2.41. The average molecular weight is 865 g/mol. The van der Waals surface area contributed by atoms with Crippen molar-refractivity contribution in [3.63, 3.8) is 0 Å². The molecule has 16 nitrogen and oxygen atoms in total. The van der Waals surface area contributed by atoms with Crippen molar-refractivity contribution >= 4 is 45.8 Å². The molecule has 4 heterocycles. The number of fused-ring (bicyclic) bond motifs is 6. The number of likely N-dealkylation sites (tertiary alicyclic amines) is 1. The number of H-pyrrole nitrogens is 2. The molecule has 2 aliphatic rings. The predicted octanol–water partition coefficient (Wildman–Crippen LogP) is 7.62. The van der Waals surface area contributed by atoms with Gasteiger partial charge in [-0.2, -0.15) is 0 Å². The van der Waals surface area contributed by atoms with Crippen LogP contribution in [0, 0.1) is 11.8 Å². The molecule has 16 heteroatoms. The lowest BCUT2D eigenvalue weighted by molar-refractivity contribution is -0.138. The van der Waals surface area contributed by atoms with Gasteiger partial charge in [-0.15, -0.1) is 0 Å². The number of nitrogens with zero attached hydrogens (tertiary/aromatic N) is 4. The van der Waals surface area contributed by atoms with E-state index in [0.29, 0.717) is 24.8 Å². The second-order valence-electron chi connectivity index (χ2n) is 17.1. The van der Waals surface area contributed by atoms with Gasteiger partial charge in [0.15, 0.2) is 0 Å². The van der Waals surface area contributed by atoms with Gasteiger partial charge in [0, 0.05) is 30.6 Å². The topological polar surface area (TPSA) is 193 Å².